The molecular formula is C23H29FN2O2. The van der Waals surface area contributed by atoms with Crippen molar-refractivity contribution in [1.29, 1.82) is 0 Å². The summed E-state index contributed by atoms with van der Waals surface area (Å²) in [4.78, 5) is 27.2. The van der Waals surface area contributed by atoms with Gasteiger partial charge in [0.1, 0.15) is 11.9 Å². The Morgan fingerprint density at radius 3 is 2.29 bits per heavy atom. The molecule has 0 spiro atoms. The molecule has 0 saturated carbocycles. The summed E-state index contributed by atoms with van der Waals surface area (Å²) in [5, 5.41) is 2.89. The van der Waals surface area contributed by atoms with Gasteiger partial charge in [-0.15, -0.1) is 0 Å². The first-order valence-electron chi connectivity index (χ1n) is 9.64. The lowest BCUT2D eigenvalue weighted by molar-refractivity contribution is -0.140. The minimum Gasteiger partial charge on any atom is -0.354 e. The molecule has 4 nitrogen and oxygen atoms in total. The molecule has 1 atom stereocenters. The second-order valence-electron chi connectivity index (χ2n) is 7.57. The zero-order valence-corrected chi connectivity index (χ0v) is 17.0. The molecule has 2 rings (SSSR count). The van der Waals surface area contributed by atoms with Crippen molar-refractivity contribution in [2.75, 3.05) is 6.54 Å². The molecule has 5 heteroatoms. The van der Waals surface area contributed by atoms with E-state index in [1.165, 1.54) is 12.1 Å². The number of amides is 2. The van der Waals surface area contributed by atoms with E-state index >= 15 is 0 Å². The van der Waals surface area contributed by atoms with Crippen molar-refractivity contribution in [3.05, 3.63) is 71.0 Å². The molecule has 0 aliphatic carbocycles. The van der Waals surface area contributed by atoms with E-state index in [1.54, 1.807) is 24.0 Å². The Kier molecular flexibility index (Phi) is 7.73. The van der Waals surface area contributed by atoms with Crippen molar-refractivity contribution in [2.45, 2.75) is 46.7 Å². The zero-order chi connectivity index (χ0) is 20.7. The van der Waals surface area contributed by atoms with Gasteiger partial charge in [0, 0.05) is 13.1 Å². The third-order valence-electron chi connectivity index (χ3n) is 4.72. The SMILES string of the molecule is Cc1ccccc1CC(=O)N(Cc1ccc(F)cc1)C(C)C(=O)NCC(C)C. The molecule has 0 aliphatic heterocycles. The van der Waals surface area contributed by atoms with E-state index in [0.717, 1.165) is 16.7 Å². The van der Waals surface area contributed by atoms with Gasteiger partial charge < -0.3 is 10.2 Å². The summed E-state index contributed by atoms with van der Waals surface area (Å²) in [5.41, 5.74) is 2.75. The smallest absolute Gasteiger partial charge is 0.242 e. The minimum absolute atomic E-state index is 0.133. The van der Waals surface area contributed by atoms with Crippen molar-refractivity contribution in [1.82, 2.24) is 10.2 Å². The van der Waals surface area contributed by atoms with Gasteiger partial charge >= 0.3 is 0 Å². The topological polar surface area (TPSA) is 49.4 Å². The number of carbonyl (C=O) groups excluding carboxylic acids is 2. The van der Waals surface area contributed by atoms with Crippen LogP contribution in [0.15, 0.2) is 48.5 Å². The molecule has 0 radical (unpaired) electrons. The summed E-state index contributed by atoms with van der Waals surface area (Å²) < 4.78 is 13.2. The molecule has 0 bridgehead atoms. The standard InChI is InChI=1S/C23H29FN2O2/c1-16(2)14-25-23(28)18(4)26(15-19-9-11-21(24)12-10-19)22(27)13-20-8-6-5-7-17(20)3/h5-12,16,18H,13-15H2,1-4H3,(H,25,28). The van der Waals surface area contributed by atoms with Gasteiger partial charge in [0.15, 0.2) is 0 Å². The average Bonchev–Trinajstić information content (AvgIpc) is 2.66. The summed E-state index contributed by atoms with van der Waals surface area (Å²) in [6.45, 7) is 8.54. The molecule has 1 N–H and O–H groups in total. The second-order valence-corrected chi connectivity index (χ2v) is 7.57. The lowest BCUT2D eigenvalue weighted by Gasteiger charge is -2.29. The number of rotatable bonds is 8. The van der Waals surface area contributed by atoms with E-state index < -0.39 is 6.04 Å². The highest BCUT2D eigenvalue weighted by Gasteiger charge is 2.26. The van der Waals surface area contributed by atoms with Crippen LogP contribution in [0.1, 0.15) is 37.5 Å². The lowest BCUT2D eigenvalue weighted by atomic mass is 10.0. The maximum absolute atomic E-state index is 13.2. The van der Waals surface area contributed by atoms with Gasteiger partial charge in [0.25, 0.3) is 0 Å². The number of hydrogen-bond acceptors (Lipinski definition) is 2. The number of halogens is 1. The van der Waals surface area contributed by atoms with E-state index in [-0.39, 0.29) is 30.6 Å². The predicted octanol–water partition coefficient (Wildman–Crippen LogP) is 3.87. The molecule has 0 saturated heterocycles. The first-order valence-corrected chi connectivity index (χ1v) is 9.64. The Morgan fingerprint density at radius 2 is 1.68 bits per heavy atom. The van der Waals surface area contributed by atoms with Crippen LogP contribution < -0.4 is 5.32 Å². The van der Waals surface area contributed by atoms with E-state index in [0.29, 0.717) is 12.5 Å². The van der Waals surface area contributed by atoms with Crippen molar-refractivity contribution >= 4 is 11.8 Å². The fraction of sp³-hybridized carbons (Fsp3) is 0.391. The quantitative estimate of drug-likeness (QED) is 0.751. The van der Waals surface area contributed by atoms with Crippen LogP contribution in [0.3, 0.4) is 0 Å². The Bertz CT molecular complexity index is 803. The number of carbonyl (C=O) groups is 2. The largest absolute Gasteiger partial charge is 0.354 e. The minimum atomic E-state index is -0.625. The number of benzene rings is 2. The zero-order valence-electron chi connectivity index (χ0n) is 17.0. The third kappa shape index (κ3) is 6.19. The van der Waals surface area contributed by atoms with Gasteiger partial charge in [-0.2, -0.15) is 0 Å². The van der Waals surface area contributed by atoms with Crippen LogP contribution in [0.5, 0.6) is 0 Å². The van der Waals surface area contributed by atoms with Crippen molar-refractivity contribution < 1.29 is 14.0 Å². The second kappa shape index (κ2) is 10.0. The molecule has 150 valence electrons. The first-order chi connectivity index (χ1) is 13.3. The molecule has 0 aliphatic rings. The van der Waals surface area contributed by atoms with Crippen LogP contribution in [0.2, 0.25) is 0 Å². The Labute approximate surface area is 166 Å². The first kappa shape index (κ1) is 21.6. The maximum atomic E-state index is 13.2. The van der Waals surface area contributed by atoms with Crippen molar-refractivity contribution in [3.8, 4) is 0 Å². The lowest BCUT2D eigenvalue weighted by Crippen LogP contribution is -2.48. The Morgan fingerprint density at radius 1 is 1.04 bits per heavy atom. The van der Waals surface area contributed by atoms with E-state index in [4.69, 9.17) is 0 Å². The number of nitrogens with zero attached hydrogens (tertiary/aromatic N) is 1. The molecule has 2 aromatic carbocycles. The predicted molar refractivity (Wildman–Crippen MR) is 109 cm³/mol. The summed E-state index contributed by atoms with van der Waals surface area (Å²) in [6, 6.07) is 13.1. The summed E-state index contributed by atoms with van der Waals surface area (Å²) >= 11 is 0. The molecule has 2 aromatic rings. The average molecular weight is 384 g/mol. The van der Waals surface area contributed by atoms with Crippen LogP contribution in [-0.4, -0.2) is 29.3 Å². The van der Waals surface area contributed by atoms with Gasteiger partial charge in [-0.25, -0.2) is 4.39 Å². The number of nitrogens with one attached hydrogen (secondary N) is 1. The van der Waals surface area contributed by atoms with E-state index in [1.807, 2.05) is 45.0 Å². The normalized spacial score (nSPS) is 11.9. The molecule has 0 heterocycles. The fourth-order valence-electron chi connectivity index (χ4n) is 2.89. The Balaban J connectivity index is 2.21. The van der Waals surface area contributed by atoms with Crippen LogP contribution in [0.4, 0.5) is 4.39 Å². The van der Waals surface area contributed by atoms with Crippen LogP contribution in [0, 0.1) is 18.7 Å². The third-order valence-corrected chi connectivity index (χ3v) is 4.72. The van der Waals surface area contributed by atoms with Crippen molar-refractivity contribution in [2.24, 2.45) is 5.92 Å². The molecular weight excluding hydrogens is 355 g/mol. The van der Waals surface area contributed by atoms with Gasteiger partial charge in [-0.05, 0) is 48.6 Å². The highest BCUT2D eigenvalue weighted by Crippen LogP contribution is 2.15. The molecule has 28 heavy (non-hydrogen) atoms. The molecule has 1 unspecified atom stereocenters. The van der Waals surface area contributed by atoms with Gasteiger partial charge in [-0.3, -0.25) is 9.59 Å². The molecule has 0 aromatic heterocycles. The van der Waals surface area contributed by atoms with Gasteiger partial charge in [-0.1, -0.05) is 50.2 Å². The maximum Gasteiger partial charge on any atom is 0.242 e. The van der Waals surface area contributed by atoms with Crippen LogP contribution in [0.25, 0.3) is 0 Å². The Hall–Kier alpha value is -2.69. The van der Waals surface area contributed by atoms with Gasteiger partial charge in [0.2, 0.25) is 11.8 Å². The van der Waals surface area contributed by atoms with Crippen molar-refractivity contribution in [3.63, 3.8) is 0 Å². The highest BCUT2D eigenvalue weighted by molar-refractivity contribution is 5.88. The summed E-state index contributed by atoms with van der Waals surface area (Å²) in [6.07, 6.45) is 0.218. The monoisotopic (exact) mass is 384 g/mol. The number of aryl methyl sites for hydroxylation is 1. The van der Waals surface area contributed by atoms with Gasteiger partial charge in [0.05, 0.1) is 6.42 Å². The fourth-order valence-corrected chi connectivity index (χ4v) is 2.89. The summed E-state index contributed by atoms with van der Waals surface area (Å²) in [7, 11) is 0. The highest BCUT2D eigenvalue weighted by atomic mass is 19.1. The summed E-state index contributed by atoms with van der Waals surface area (Å²) in [5.74, 6) is -0.326. The molecule has 2 amide bonds. The van der Waals surface area contributed by atoms with Crippen LogP contribution in [-0.2, 0) is 22.6 Å². The van der Waals surface area contributed by atoms with E-state index in [2.05, 4.69) is 5.32 Å². The molecule has 0 fully saturated rings. The van der Waals surface area contributed by atoms with E-state index in [9.17, 15) is 14.0 Å². The number of hydrogen-bond donors (Lipinski definition) is 1. The van der Waals surface area contributed by atoms with Crippen LogP contribution >= 0.6 is 0 Å².